The lowest BCUT2D eigenvalue weighted by Crippen LogP contribution is -2.58. The van der Waals surface area contributed by atoms with Gasteiger partial charge in [0, 0.05) is 19.9 Å². The van der Waals surface area contributed by atoms with E-state index < -0.39 is 78.6 Å². The maximum absolute atomic E-state index is 12.9. The molecule has 0 aromatic carbocycles. The Morgan fingerprint density at radius 3 is 2.12 bits per heavy atom. The smallest absolute Gasteiger partial charge is 0.326 e. The molecule has 4 atom stereocenters. The van der Waals surface area contributed by atoms with Gasteiger partial charge < -0.3 is 42.5 Å². The van der Waals surface area contributed by atoms with Crippen molar-refractivity contribution in [2.45, 2.75) is 63.2 Å². The molecule has 34 heavy (non-hydrogen) atoms. The van der Waals surface area contributed by atoms with Gasteiger partial charge in [-0.2, -0.15) is 0 Å². The van der Waals surface area contributed by atoms with Crippen LogP contribution in [0.25, 0.3) is 0 Å². The van der Waals surface area contributed by atoms with Crippen LogP contribution in [-0.2, 0) is 33.6 Å². The van der Waals surface area contributed by atoms with Crippen LogP contribution in [-0.4, -0.2) is 93.8 Å². The number of nitrogens with one attached hydrogen (secondary N) is 3. The molecule has 0 spiro atoms. The Labute approximate surface area is 194 Å². The third-order valence-corrected chi connectivity index (χ3v) is 5.03. The van der Waals surface area contributed by atoms with Crippen molar-refractivity contribution in [1.29, 1.82) is 0 Å². The molecule has 190 valence electrons. The van der Waals surface area contributed by atoms with Gasteiger partial charge in [0.1, 0.15) is 24.2 Å². The van der Waals surface area contributed by atoms with Gasteiger partial charge in [-0.1, -0.05) is 0 Å². The molecule has 1 rings (SSSR count). The molecular formula is C19H30N6O9. The Morgan fingerprint density at radius 1 is 0.971 bits per heavy atom. The van der Waals surface area contributed by atoms with Crippen LogP contribution in [0.2, 0.25) is 0 Å². The second kappa shape index (κ2) is 13.1. The number of hydrogen-bond acceptors (Lipinski definition) is 8. The molecule has 0 aromatic heterocycles. The van der Waals surface area contributed by atoms with Gasteiger partial charge in [-0.25, -0.2) is 4.79 Å². The zero-order chi connectivity index (χ0) is 26.0. The van der Waals surface area contributed by atoms with Gasteiger partial charge in [-0.3, -0.25) is 28.8 Å². The summed E-state index contributed by atoms with van der Waals surface area (Å²) in [7, 11) is 0. The summed E-state index contributed by atoms with van der Waals surface area (Å²) >= 11 is 0. The standard InChI is InChI=1S/C19H30N6O9/c1-9(27)22-12(8-26)18(32)25-6-2-3-13(25)17(31)24-11(7-15(21)29)16(30)23-10(19(33)34)4-5-14(20)28/h10-13,26H,2-8H2,1H3,(H2,20,28)(H2,21,29)(H,22,27)(H,23,30)(H,24,31)(H,33,34)/t10-,11-,12-,13-/m0/s1. The second-order valence-corrected chi connectivity index (χ2v) is 7.76. The highest BCUT2D eigenvalue weighted by Crippen LogP contribution is 2.19. The highest BCUT2D eigenvalue weighted by Gasteiger charge is 2.39. The fourth-order valence-corrected chi connectivity index (χ4v) is 3.43. The van der Waals surface area contributed by atoms with Gasteiger partial charge in [-0.05, 0) is 19.3 Å². The highest BCUT2D eigenvalue weighted by atomic mass is 16.4. The molecule has 15 heteroatoms. The van der Waals surface area contributed by atoms with Crippen molar-refractivity contribution in [2.24, 2.45) is 11.5 Å². The number of nitrogens with zero attached hydrogens (tertiary/aromatic N) is 1. The third-order valence-electron chi connectivity index (χ3n) is 5.03. The van der Waals surface area contributed by atoms with E-state index in [1.807, 2.05) is 0 Å². The Balaban J connectivity index is 2.96. The van der Waals surface area contributed by atoms with E-state index in [1.54, 1.807) is 0 Å². The maximum atomic E-state index is 12.9. The van der Waals surface area contributed by atoms with Gasteiger partial charge in [0.25, 0.3) is 0 Å². The number of hydrogen-bond donors (Lipinski definition) is 7. The van der Waals surface area contributed by atoms with E-state index in [0.717, 1.165) is 11.8 Å². The molecule has 9 N–H and O–H groups in total. The Kier molecular flexibility index (Phi) is 10.9. The summed E-state index contributed by atoms with van der Waals surface area (Å²) in [5.74, 6) is -6.32. The van der Waals surface area contributed by atoms with Crippen molar-refractivity contribution < 1.29 is 43.8 Å². The molecule has 1 fully saturated rings. The van der Waals surface area contributed by atoms with Crippen LogP contribution in [0, 0.1) is 0 Å². The van der Waals surface area contributed by atoms with Crippen molar-refractivity contribution in [3.8, 4) is 0 Å². The molecule has 1 saturated heterocycles. The van der Waals surface area contributed by atoms with Crippen LogP contribution in [0.5, 0.6) is 0 Å². The predicted molar refractivity (Wildman–Crippen MR) is 113 cm³/mol. The number of likely N-dealkylation sites (tertiary alicyclic amines) is 1. The quantitative estimate of drug-likeness (QED) is 0.133. The Hall–Kier alpha value is -3.75. The zero-order valence-corrected chi connectivity index (χ0v) is 18.6. The number of carbonyl (C=O) groups excluding carboxylic acids is 6. The van der Waals surface area contributed by atoms with Crippen LogP contribution in [0.1, 0.15) is 39.0 Å². The number of amides is 6. The molecule has 0 bridgehead atoms. The zero-order valence-electron chi connectivity index (χ0n) is 18.6. The monoisotopic (exact) mass is 486 g/mol. The molecule has 1 aliphatic rings. The minimum Gasteiger partial charge on any atom is -0.480 e. The van der Waals surface area contributed by atoms with E-state index in [-0.39, 0.29) is 25.8 Å². The molecule has 0 aromatic rings. The van der Waals surface area contributed by atoms with E-state index >= 15 is 0 Å². The van der Waals surface area contributed by atoms with E-state index in [0.29, 0.717) is 6.42 Å². The summed E-state index contributed by atoms with van der Waals surface area (Å²) in [6.45, 7) is 0.608. The summed E-state index contributed by atoms with van der Waals surface area (Å²) in [6, 6.07) is -5.40. The van der Waals surface area contributed by atoms with Crippen molar-refractivity contribution in [2.75, 3.05) is 13.2 Å². The average molecular weight is 486 g/mol. The van der Waals surface area contributed by atoms with Crippen molar-refractivity contribution >= 4 is 41.4 Å². The lowest BCUT2D eigenvalue weighted by atomic mass is 10.1. The summed E-state index contributed by atoms with van der Waals surface area (Å²) in [5.41, 5.74) is 10.1. The number of aliphatic hydroxyl groups excluding tert-OH is 1. The van der Waals surface area contributed by atoms with Gasteiger partial charge in [0.05, 0.1) is 13.0 Å². The number of aliphatic hydroxyl groups is 1. The number of carboxylic acids is 1. The third kappa shape index (κ3) is 8.65. The molecule has 1 aliphatic heterocycles. The van der Waals surface area contributed by atoms with Crippen molar-refractivity contribution in [1.82, 2.24) is 20.9 Å². The summed E-state index contributed by atoms with van der Waals surface area (Å²) in [5, 5.41) is 25.4. The number of rotatable bonds is 13. The van der Waals surface area contributed by atoms with Crippen molar-refractivity contribution in [3.63, 3.8) is 0 Å². The van der Waals surface area contributed by atoms with Crippen LogP contribution in [0.15, 0.2) is 0 Å². The molecular weight excluding hydrogens is 456 g/mol. The number of carboxylic acid groups (broad SMARTS) is 1. The predicted octanol–water partition coefficient (Wildman–Crippen LogP) is -4.33. The van der Waals surface area contributed by atoms with E-state index in [9.17, 15) is 43.8 Å². The van der Waals surface area contributed by atoms with Crippen LogP contribution in [0.3, 0.4) is 0 Å². The lowest BCUT2D eigenvalue weighted by molar-refractivity contribution is -0.144. The van der Waals surface area contributed by atoms with E-state index in [1.165, 1.54) is 0 Å². The Morgan fingerprint density at radius 2 is 1.62 bits per heavy atom. The number of primary amides is 2. The first-order valence-electron chi connectivity index (χ1n) is 10.5. The minimum absolute atomic E-state index is 0.147. The summed E-state index contributed by atoms with van der Waals surface area (Å²) < 4.78 is 0. The fraction of sp³-hybridized carbons (Fsp3) is 0.632. The average Bonchev–Trinajstić information content (AvgIpc) is 3.22. The number of nitrogens with two attached hydrogens (primary N) is 2. The lowest BCUT2D eigenvalue weighted by Gasteiger charge is -2.29. The molecule has 0 radical (unpaired) electrons. The van der Waals surface area contributed by atoms with Gasteiger partial charge in [-0.15, -0.1) is 0 Å². The fourth-order valence-electron chi connectivity index (χ4n) is 3.43. The Bertz CT molecular complexity index is 833. The summed E-state index contributed by atoms with van der Waals surface area (Å²) in [6.07, 6.45) is -0.681. The van der Waals surface area contributed by atoms with Crippen molar-refractivity contribution in [3.05, 3.63) is 0 Å². The normalized spacial score (nSPS) is 17.7. The SMILES string of the molecule is CC(=O)N[C@@H](CO)C(=O)N1CCC[C@H]1C(=O)N[C@@H](CC(N)=O)C(=O)N[C@@H](CCC(N)=O)C(=O)O. The van der Waals surface area contributed by atoms with Crippen LogP contribution >= 0.6 is 0 Å². The van der Waals surface area contributed by atoms with Crippen LogP contribution in [0.4, 0.5) is 0 Å². The van der Waals surface area contributed by atoms with Gasteiger partial charge in [0.2, 0.25) is 35.4 Å². The molecule has 1 heterocycles. The van der Waals surface area contributed by atoms with Gasteiger partial charge >= 0.3 is 5.97 Å². The number of aliphatic carboxylic acids is 1. The molecule has 6 amide bonds. The summed E-state index contributed by atoms with van der Waals surface area (Å²) in [4.78, 5) is 84.3. The molecule has 0 unspecified atom stereocenters. The molecule has 0 aliphatic carbocycles. The second-order valence-electron chi connectivity index (χ2n) is 7.76. The first-order valence-corrected chi connectivity index (χ1v) is 10.5. The van der Waals surface area contributed by atoms with E-state index in [4.69, 9.17) is 11.5 Å². The number of carbonyl (C=O) groups is 7. The molecule has 15 nitrogen and oxygen atoms in total. The first kappa shape index (κ1) is 28.3. The molecule has 0 saturated carbocycles. The van der Waals surface area contributed by atoms with Gasteiger partial charge in [0.15, 0.2) is 0 Å². The first-order chi connectivity index (χ1) is 15.9. The topological polar surface area (TPSA) is 251 Å². The highest BCUT2D eigenvalue weighted by molar-refractivity contribution is 5.97. The van der Waals surface area contributed by atoms with Crippen LogP contribution < -0.4 is 27.4 Å². The van der Waals surface area contributed by atoms with E-state index in [2.05, 4.69) is 16.0 Å². The maximum Gasteiger partial charge on any atom is 0.326 e. The largest absolute Gasteiger partial charge is 0.480 e. The minimum atomic E-state index is -1.55.